The smallest absolute Gasteiger partial charge is 0.321 e. The van der Waals surface area contributed by atoms with Crippen molar-refractivity contribution >= 4 is 11.7 Å². The van der Waals surface area contributed by atoms with Crippen LogP contribution in [0.3, 0.4) is 0 Å². The van der Waals surface area contributed by atoms with E-state index in [-0.39, 0.29) is 6.03 Å². The Labute approximate surface area is 131 Å². The summed E-state index contributed by atoms with van der Waals surface area (Å²) in [7, 11) is 0. The van der Waals surface area contributed by atoms with Gasteiger partial charge in [-0.15, -0.1) is 0 Å². The normalized spacial score (nSPS) is 10.1. The second kappa shape index (κ2) is 8.08. The van der Waals surface area contributed by atoms with Crippen molar-refractivity contribution in [1.82, 2.24) is 4.90 Å². The van der Waals surface area contributed by atoms with Crippen molar-refractivity contribution in [2.24, 2.45) is 0 Å². The summed E-state index contributed by atoms with van der Waals surface area (Å²) in [5.41, 5.74) is 1.89. The van der Waals surface area contributed by atoms with Gasteiger partial charge in [-0.2, -0.15) is 0 Å². The van der Waals surface area contributed by atoms with Crippen LogP contribution in [0.2, 0.25) is 0 Å². The summed E-state index contributed by atoms with van der Waals surface area (Å²) in [4.78, 5) is 13.7. The van der Waals surface area contributed by atoms with Crippen LogP contribution in [-0.4, -0.2) is 24.0 Å². The van der Waals surface area contributed by atoms with Gasteiger partial charge in [-0.05, 0) is 43.7 Å². The van der Waals surface area contributed by atoms with Gasteiger partial charge in [0.25, 0.3) is 0 Å². The van der Waals surface area contributed by atoms with Gasteiger partial charge in [0.2, 0.25) is 0 Å². The fraction of sp³-hybridized carbons (Fsp3) is 0.278. The molecule has 0 spiro atoms. The van der Waals surface area contributed by atoms with Gasteiger partial charge in [-0.3, -0.25) is 0 Å². The van der Waals surface area contributed by atoms with E-state index in [1.807, 2.05) is 68.4 Å². The SMILES string of the molecule is CCN(CC)C(=O)Nc1ccc(OCc2ccccc2)cc1. The van der Waals surface area contributed by atoms with Gasteiger partial charge in [0.15, 0.2) is 0 Å². The summed E-state index contributed by atoms with van der Waals surface area (Å²) < 4.78 is 5.72. The van der Waals surface area contributed by atoms with Crippen LogP contribution in [-0.2, 0) is 6.61 Å². The number of hydrogen-bond acceptors (Lipinski definition) is 2. The van der Waals surface area contributed by atoms with Crippen LogP contribution in [0.25, 0.3) is 0 Å². The maximum Gasteiger partial charge on any atom is 0.321 e. The summed E-state index contributed by atoms with van der Waals surface area (Å²) >= 11 is 0. The zero-order chi connectivity index (χ0) is 15.8. The minimum Gasteiger partial charge on any atom is -0.489 e. The summed E-state index contributed by atoms with van der Waals surface area (Å²) in [6, 6.07) is 17.4. The van der Waals surface area contributed by atoms with Crippen LogP contribution in [0.5, 0.6) is 5.75 Å². The van der Waals surface area contributed by atoms with Gasteiger partial charge in [-0.1, -0.05) is 30.3 Å². The minimum atomic E-state index is -0.0806. The zero-order valence-corrected chi connectivity index (χ0v) is 13.1. The molecular weight excluding hydrogens is 276 g/mol. The van der Waals surface area contributed by atoms with Crippen molar-refractivity contribution in [3.63, 3.8) is 0 Å². The van der Waals surface area contributed by atoms with E-state index in [1.165, 1.54) is 0 Å². The second-order valence-corrected chi connectivity index (χ2v) is 4.90. The largest absolute Gasteiger partial charge is 0.489 e. The lowest BCUT2D eigenvalue weighted by Gasteiger charge is -2.19. The monoisotopic (exact) mass is 298 g/mol. The highest BCUT2D eigenvalue weighted by molar-refractivity contribution is 5.89. The lowest BCUT2D eigenvalue weighted by Crippen LogP contribution is -2.34. The fourth-order valence-electron chi connectivity index (χ4n) is 2.09. The van der Waals surface area contributed by atoms with Gasteiger partial charge in [0, 0.05) is 18.8 Å². The topological polar surface area (TPSA) is 41.6 Å². The highest BCUT2D eigenvalue weighted by Gasteiger charge is 2.08. The molecular formula is C18H22N2O2. The van der Waals surface area contributed by atoms with E-state index in [4.69, 9.17) is 4.74 Å². The molecule has 1 N–H and O–H groups in total. The van der Waals surface area contributed by atoms with Gasteiger partial charge in [0.05, 0.1) is 0 Å². The molecule has 4 nitrogen and oxygen atoms in total. The molecule has 0 unspecified atom stereocenters. The third-order valence-electron chi connectivity index (χ3n) is 3.40. The molecule has 0 heterocycles. The molecule has 0 saturated carbocycles. The number of anilines is 1. The van der Waals surface area contributed by atoms with E-state index in [0.717, 1.165) is 17.0 Å². The quantitative estimate of drug-likeness (QED) is 0.871. The van der Waals surface area contributed by atoms with Gasteiger partial charge in [-0.25, -0.2) is 4.79 Å². The predicted molar refractivity (Wildman–Crippen MR) is 89.2 cm³/mol. The van der Waals surface area contributed by atoms with Crippen LogP contribution in [0, 0.1) is 0 Å². The Hall–Kier alpha value is -2.49. The summed E-state index contributed by atoms with van der Waals surface area (Å²) in [5, 5.41) is 2.88. The molecule has 2 aromatic rings. The lowest BCUT2D eigenvalue weighted by molar-refractivity contribution is 0.217. The van der Waals surface area contributed by atoms with Crippen LogP contribution in [0.15, 0.2) is 54.6 Å². The Kier molecular flexibility index (Phi) is 5.83. The molecule has 0 aliphatic carbocycles. The lowest BCUT2D eigenvalue weighted by atomic mass is 10.2. The average Bonchev–Trinajstić information content (AvgIpc) is 2.56. The van der Waals surface area contributed by atoms with E-state index < -0.39 is 0 Å². The minimum absolute atomic E-state index is 0.0806. The van der Waals surface area contributed by atoms with E-state index in [0.29, 0.717) is 19.7 Å². The highest BCUT2D eigenvalue weighted by Crippen LogP contribution is 2.17. The number of nitrogens with zero attached hydrogens (tertiary/aromatic N) is 1. The molecule has 0 fully saturated rings. The van der Waals surface area contributed by atoms with E-state index in [9.17, 15) is 4.79 Å². The third kappa shape index (κ3) is 4.52. The standard InChI is InChI=1S/C18H22N2O2/c1-3-20(4-2)18(21)19-16-10-12-17(13-11-16)22-14-15-8-6-5-7-9-15/h5-13H,3-4,14H2,1-2H3,(H,19,21). The molecule has 0 aliphatic heterocycles. The number of rotatable bonds is 6. The van der Waals surface area contributed by atoms with Crippen molar-refractivity contribution in [3.05, 3.63) is 60.2 Å². The van der Waals surface area contributed by atoms with Crippen molar-refractivity contribution in [2.75, 3.05) is 18.4 Å². The molecule has 22 heavy (non-hydrogen) atoms. The van der Waals surface area contributed by atoms with Crippen LogP contribution in [0.1, 0.15) is 19.4 Å². The van der Waals surface area contributed by atoms with Gasteiger partial charge >= 0.3 is 6.03 Å². The summed E-state index contributed by atoms with van der Waals surface area (Å²) in [6.07, 6.45) is 0. The van der Waals surface area contributed by atoms with Crippen LogP contribution >= 0.6 is 0 Å². The number of ether oxygens (including phenoxy) is 1. The van der Waals surface area contributed by atoms with Crippen LogP contribution in [0.4, 0.5) is 10.5 Å². The number of carbonyl (C=O) groups is 1. The highest BCUT2D eigenvalue weighted by atomic mass is 16.5. The number of amides is 2. The number of nitrogens with one attached hydrogen (secondary N) is 1. The zero-order valence-electron chi connectivity index (χ0n) is 13.1. The number of carbonyl (C=O) groups excluding carboxylic acids is 1. The van der Waals surface area contributed by atoms with E-state index in [1.54, 1.807) is 4.90 Å². The number of benzene rings is 2. The molecule has 0 aromatic heterocycles. The molecule has 2 amide bonds. The molecule has 2 rings (SSSR count). The second-order valence-electron chi connectivity index (χ2n) is 4.90. The molecule has 4 heteroatoms. The maximum absolute atomic E-state index is 12.0. The molecule has 0 saturated heterocycles. The fourth-order valence-corrected chi connectivity index (χ4v) is 2.09. The van der Waals surface area contributed by atoms with Gasteiger partial charge in [0.1, 0.15) is 12.4 Å². The van der Waals surface area contributed by atoms with Crippen molar-refractivity contribution < 1.29 is 9.53 Å². The molecule has 2 aromatic carbocycles. The molecule has 0 bridgehead atoms. The van der Waals surface area contributed by atoms with Crippen molar-refractivity contribution in [1.29, 1.82) is 0 Å². The summed E-state index contributed by atoms with van der Waals surface area (Å²) in [6.45, 7) is 5.85. The Morgan fingerprint density at radius 1 is 1.00 bits per heavy atom. The first-order valence-corrected chi connectivity index (χ1v) is 7.55. The Morgan fingerprint density at radius 2 is 1.64 bits per heavy atom. The Morgan fingerprint density at radius 3 is 2.23 bits per heavy atom. The van der Waals surface area contributed by atoms with E-state index in [2.05, 4.69) is 5.32 Å². The maximum atomic E-state index is 12.0. The first-order chi connectivity index (χ1) is 10.7. The number of urea groups is 1. The van der Waals surface area contributed by atoms with E-state index >= 15 is 0 Å². The molecule has 0 radical (unpaired) electrons. The average molecular weight is 298 g/mol. The molecule has 0 atom stereocenters. The molecule has 0 aliphatic rings. The van der Waals surface area contributed by atoms with Gasteiger partial charge < -0.3 is 15.0 Å². The predicted octanol–water partition coefficient (Wildman–Crippen LogP) is 4.14. The van der Waals surface area contributed by atoms with Crippen LogP contribution < -0.4 is 10.1 Å². The number of hydrogen-bond donors (Lipinski definition) is 1. The first kappa shape index (κ1) is 15.9. The Bertz CT molecular complexity index is 578. The Balaban J connectivity index is 1.89. The third-order valence-corrected chi connectivity index (χ3v) is 3.40. The van der Waals surface area contributed by atoms with Crippen molar-refractivity contribution in [2.45, 2.75) is 20.5 Å². The van der Waals surface area contributed by atoms with Crippen molar-refractivity contribution in [3.8, 4) is 5.75 Å². The first-order valence-electron chi connectivity index (χ1n) is 7.55. The summed E-state index contributed by atoms with van der Waals surface area (Å²) in [5.74, 6) is 0.782. The molecule has 116 valence electrons.